The Morgan fingerprint density at radius 3 is 2.44 bits per heavy atom. The van der Waals surface area contributed by atoms with E-state index in [2.05, 4.69) is 15.0 Å². The van der Waals surface area contributed by atoms with Crippen LogP contribution in [0.2, 0.25) is 0 Å². The number of carbonyl (C=O) groups excluding carboxylic acids is 1. The number of carbonyl (C=O) groups is 1. The van der Waals surface area contributed by atoms with Gasteiger partial charge in [-0.2, -0.15) is 0 Å². The van der Waals surface area contributed by atoms with Crippen molar-refractivity contribution in [1.29, 1.82) is 0 Å². The number of nitrogens with zero attached hydrogens (tertiary/aromatic N) is 1. The highest BCUT2D eigenvalue weighted by molar-refractivity contribution is 7.91. The Labute approximate surface area is 183 Å². The minimum atomic E-state index is -3.80. The molecule has 2 N–H and O–H groups in total. The number of benzene rings is 3. The molecule has 0 aliphatic carbocycles. The van der Waals surface area contributed by atoms with Crippen LogP contribution in [0.15, 0.2) is 79.0 Å². The second-order valence-electron chi connectivity index (χ2n) is 7.06. The Kier molecular flexibility index (Phi) is 5.83. The van der Waals surface area contributed by atoms with Crippen LogP contribution in [0.3, 0.4) is 0 Å². The second-order valence-corrected chi connectivity index (χ2v) is 8.78. The summed E-state index contributed by atoms with van der Waals surface area (Å²) in [5, 5.41) is 4.35. The van der Waals surface area contributed by atoms with Gasteiger partial charge in [0.1, 0.15) is 5.82 Å². The van der Waals surface area contributed by atoms with E-state index in [4.69, 9.17) is 0 Å². The number of hydrogen-bond donors (Lipinski definition) is 2. The first-order chi connectivity index (χ1) is 15.3. The van der Waals surface area contributed by atoms with Crippen molar-refractivity contribution in [2.75, 3.05) is 10.0 Å². The van der Waals surface area contributed by atoms with E-state index < -0.39 is 27.6 Å². The summed E-state index contributed by atoms with van der Waals surface area (Å²) in [7, 11) is -3.80. The molecule has 1 aromatic heterocycles. The molecule has 0 spiro atoms. The van der Waals surface area contributed by atoms with E-state index in [0.29, 0.717) is 5.56 Å². The molecule has 0 fully saturated rings. The molecule has 0 aliphatic heterocycles. The van der Waals surface area contributed by atoms with Gasteiger partial charge < -0.3 is 5.32 Å². The fourth-order valence-corrected chi connectivity index (χ4v) is 4.27. The standard InChI is InChI=1S/C23H17F2N3O3S/c24-20-8-7-19(13-21(20)25)27-23(29)18-9-10-26-22(12-18)28-32(30,31)14-15-5-6-16-3-1-2-4-17(16)11-15/h1-13H,14H2,(H,26,28)(H,27,29). The fourth-order valence-electron chi connectivity index (χ4n) is 3.15. The van der Waals surface area contributed by atoms with Gasteiger partial charge in [-0.15, -0.1) is 0 Å². The molecule has 1 amide bonds. The molecular weight excluding hydrogens is 436 g/mol. The summed E-state index contributed by atoms with van der Waals surface area (Å²) in [6, 6.07) is 18.6. The first-order valence-corrected chi connectivity index (χ1v) is 11.1. The zero-order valence-electron chi connectivity index (χ0n) is 16.5. The molecule has 9 heteroatoms. The van der Waals surface area contributed by atoms with Gasteiger partial charge in [-0.25, -0.2) is 22.2 Å². The molecule has 0 bridgehead atoms. The van der Waals surface area contributed by atoms with E-state index in [9.17, 15) is 22.0 Å². The maximum absolute atomic E-state index is 13.3. The predicted molar refractivity (Wildman–Crippen MR) is 119 cm³/mol. The van der Waals surface area contributed by atoms with Crippen LogP contribution in [0.5, 0.6) is 0 Å². The number of amides is 1. The number of fused-ring (bicyclic) bond motifs is 1. The summed E-state index contributed by atoms with van der Waals surface area (Å²) in [5.41, 5.74) is 0.751. The third kappa shape index (κ3) is 5.06. The largest absolute Gasteiger partial charge is 0.322 e. The zero-order valence-corrected chi connectivity index (χ0v) is 17.4. The van der Waals surface area contributed by atoms with Gasteiger partial charge in [-0.05, 0) is 40.6 Å². The number of halogens is 2. The van der Waals surface area contributed by atoms with Crippen molar-refractivity contribution in [3.8, 4) is 0 Å². The predicted octanol–water partition coefficient (Wildman–Crippen LogP) is 4.71. The molecule has 3 aromatic carbocycles. The van der Waals surface area contributed by atoms with Crippen molar-refractivity contribution in [2.24, 2.45) is 0 Å². The van der Waals surface area contributed by atoms with Crippen LogP contribution in [0.25, 0.3) is 10.8 Å². The van der Waals surface area contributed by atoms with E-state index in [1.54, 1.807) is 12.1 Å². The Hall–Kier alpha value is -3.85. The lowest BCUT2D eigenvalue weighted by Crippen LogP contribution is -2.17. The van der Waals surface area contributed by atoms with Crippen molar-refractivity contribution in [2.45, 2.75) is 5.75 Å². The van der Waals surface area contributed by atoms with E-state index in [1.165, 1.54) is 24.4 Å². The van der Waals surface area contributed by atoms with Gasteiger partial charge in [0.15, 0.2) is 11.6 Å². The summed E-state index contributed by atoms with van der Waals surface area (Å²) < 4.78 is 54.0. The number of sulfonamides is 1. The van der Waals surface area contributed by atoms with Crippen LogP contribution in [0.4, 0.5) is 20.3 Å². The second kappa shape index (κ2) is 8.72. The van der Waals surface area contributed by atoms with Gasteiger partial charge in [0.25, 0.3) is 5.91 Å². The first kappa shape index (κ1) is 21.4. The number of nitrogens with one attached hydrogen (secondary N) is 2. The number of pyridine rings is 1. The van der Waals surface area contributed by atoms with Gasteiger partial charge in [-0.3, -0.25) is 9.52 Å². The summed E-state index contributed by atoms with van der Waals surface area (Å²) in [4.78, 5) is 16.4. The van der Waals surface area contributed by atoms with Gasteiger partial charge in [-0.1, -0.05) is 42.5 Å². The average Bonchev–Trinajstić information content (AvgIpc) is 2.76. The van der Waals surface area contributed by atoms with Crippen molar-refractivity contribution >= 4 is 38.2 Å². The molecule has 0 saturated carbocycles. The molecule has 6 nitrogen and oxygen atoms in total. The average molecular weight is 453 g/mol. The molecule has 4 aromatic rings. The van der Waals surface area contributed by atoms with E-state index in [0.717, 1.165) is 22.9 Å². The molecule has 0 unspecified atom stereocenters. The van der Waals surface area contributed by atoms with Gasteiger partial charge in [0, 0.05) is 23.5 Å². The van der Waals surface area contributed by atoms with Crippen LogP contribution in [-0.4, -0.2) is 19.3 Å². The maximum atomic E-state index is 13.3. The highest BCUT2D eigenvalue weighted by Gasteiger charge is 2.15. The number of anilines is 2. The Morgan fingerprint density at radius 1 is 0.875 bits per heavy atom. The zero-order chi connectivity index (χ0) is 22.7. The van der Waals surface area contributed by atoms with Crippen molar-refractivity contribution in [3.05, 3.63) is 102 Å². The fraction of sp³-hybridized carbons (Fsp3) is 0.0435. The van der Waals surface area contributed by atoms with E-state index in [-0.39, 0.29) is 22.8 Å². The minimum Gasteiger partial charge on any atom is -0.322 e. The molecule has 0 radical (unpaired) electrons. The molecule has 0 saturated heterocycles. The minimum absolute atomic E-state index is 0.0382. The SMILES string of the molecule is O=C(Nc1ccc(F)c(F)c1)c1ccnc(NS(=O)(=O)Cc2ccc3ccccc3c2)c1. The lowest BCUT2D eigenvalue weighted by Gasteiger charge is -2.10. The van der Waals surface area contributed by atoms with Crippen LogP contribution in [-0.2, 0) is 15.8 Å². The normalized spacial score (nSPS) is 11.3. The summed E-state index contributed by atoms with van der Waals surface area (Å²) in [5.74, 6) is -3.07. The van der Waals surface area contributed by atoms with Gasteiger partial charge >= 0.3 is 0 Å². The molecule has 1 heterocycles. The maximum Gasteiger partial charge on any atom is 0.255 e. The quantitative estimate of drug-likeness (QED) is 0.443. The van der Waals surface area contributed by atoms with Crippen molar-refractivity contribution < 1.29 is 22.0 Å². The highest BCUT2D eigenvalue weighted by atomic mass is 32.2. The topological polar surface area (TPSA) is 88.2 Å². The van der Waals surface area contributed by atoms with E-state index in [1.807, 2.05) is 30.3 Å². The summed E-state index contributed by atoms with van der Waals surface area (Å²) >= 11 is 0. The van der Waals surface area contributed by atoms with Crippen LogP contribution >= 0.6 is 0 Å². The first-order valence-electron chi connectivity index (χ1n) is 9.50. The lowest BCUT2D eigenvalue weighted by atomic mass is 10.1. The number of hydrogen-bond acceptors (Lipinski definition) is 4. The number of aromatic nitrogens is 1. The monoisotopic (exact) mass is 453 g/mol. The third-order valence-corrected chi connectivity index (χ3v) is 5.86. The molecular formula is C23H17F2N3O3S. The molecule has 4 rings (SSSR count). The van der Waals surface area contributed by atoms with E-state index >= 15 is 0 Å². The Bertz CT molecular complexity index is 1430. The van der Waals surface area contributed by atoms with Gasteiger partial charge in [0.2, 0.25) is 10.0 Å². The highest BCUT2D eigenvalue weighted by Crippen LogP contribution is 2.19. The van der Waals surface area contributed by atoms with Crippen molar-refractivity contribution in [1.82, 2.24) is 4.98 Å². The Morgan fingerprint density at radius 2 is 1.66 bits per heavy atom. The molecule has 162 valence electrons. The Balaban J connectivity index is 1.48. The lowest BCUT2D eigenvalue weighted by molar-refractivity contribution is 0.102. The molecule has 0 atom stereocenters. The van der Waals surface area contributed by atoms with Crippen molar-refractivity contribution in [3.63, 3.8) is 0 Å². The van der Waals surface area contributed by atoms with Crippen LogP contribution in [0.1, 0.15) is 15.9 Å². The number of rotatable bonds is 6. The summed E-state index contributed by atoms with van der Waals surface area (Å²) in [6.45, 7) is 0. The van der Waals surface area contributed by atoms with Crippen LogP contribution < -0.4 is 10.0 Å². The van der Waals surface area contributed by atoms with Gasteiger partial charge in [0.05, 0.1) is 5.75 Å². The third-order valence-electron chi connectivity index (χ3n) is 4.63. The molecule has 32 heavy (non-hydrogen) atoms. The summed E-state index contributed by atoms with van der Waals surface area (Å²) in [6.07, 6.45) is 1.27. The smallest absolute Gasteiger partial charge is 0.255 e. The molecule has 0 aliphatic rings. The van der Waals surface area contributed by atoms with Crippen LogP contribution in [0, 0.1) is 11.6 Å².